The van der Waals surface area contributed by atoms with Gasteiger partial charge in [0.1, 0.15) is 23.9 Å². The molecule has 0 saturated heterocycles. The summed E-state index contributed by atoms with van der Waals surface area (Å²) in [6.45, 7) is 2.76. The molecule has 5 atom stereocenters. The van der Waals surface area contributed by atoms with E-state index in [1.807, 2.05) is 25.1 Å². The number of aryl methyl sites for hydroxylation is 1. The Kier molecular flexibility index (Phi) is 15.6. The Bertz CT molecular complexity index is 1500. The summed E-state index contributed by atoms with van der Waals surface area (Å²) in [6.07, 6.45) is 1.46. The van der Waals surface area contributed by atoms with Crippen molar-refractivity contribution < 1.29 is 29.1 Å². The van der Waals surface area contributed by atoms with Crippen LogP contribution in [0.3, 0.4) is 0 Å². The van der Waals surface area contributed by atoms with E-state index in [1.165, 1.54) is 6.07 Å². The largest absolute Gasteiger partial charge is 0.508 e. The first-order valence-corrected chi connectivity index (χ1v) is 16.9. The van der Waals surface area contributed by atoms with Crippen LogP contribution in [0.5, 0.6) is 5.75 Å². The minimum Gasteiger partial charge on any atom is -0.508 e. The average molecular weight is 697 g/mol. The summed E-state index contributed by atoms with van der Waals surface area (Å²) in [5.74, 6) is -2.65. The molecule has 3 rings (SSSR count). The number of phenols is 1. The van der Waals surface area contributed by atoms with Gasteiger partial charge in [-0.1, -0.05) is 24.3 Å². The van der Waals surface area contributed by atoms with E-state index in [-0.39, 0.29) is 50.6 Å². The summed E-state index contributed by atoms with van der Waals surface area (Å²) in [7, 11) is 0. The third-order valence-electron chi connectivity index (χ3n) is 8.53. The van der Waals surface area contributed by atoms with Gasteiger partial charge in [0.2, 0.25) is 29.5 Å². The fourth-order valence-corrected chi connectivity index (χ4v) is 5.45. The number of rotatable bonds is 14. The van der Waals surface area contributed by atoms with Crippen molar-refractivity contribution in [2.45, 2.75) is 75.7 Å². The predicted molar refractivity (Wildman–Crippen MR) is 189 cm³/mol. The first-order valence-electron chi connectivity index (χ1n) is 16.9. The number of amides is 5. The number of nitrogens with two attached hydrogens (primary N) is 5. The molecule has 0 aromatic heterocycles. The summed E-state index contributed by atoms with van der Waals surface area (Å²) in [5.41, 5.74) is 32.9. The number of hydrogen-bond acceptors (Lipinski definition) is 11. The maximum Gasteiger partial charge on any atom is 0.243 e. The molecule has 0 radical (unpaired) electrons. The summed E-state index contributed by atoms with van der Waals surface area (Å²) in [5, 5.41) is 23.9. The summed E-state index contributed by atoms with van der Waals surface area (Å²) in [4.78, 5) is 64.9. The molecule has 16 nitrogen and oxygen atoms in total. The molecule has 0 spiro atoms. The van der Waals surface area contributed by atoms with Gasteiger partial charge in [-0.05, 0) is 79.1 Å². The highest BCUT2D eigenvalue weighted by Gasteiger charge is 2.30. The molecule has 2 aromatic carbocycles. The Morgan fingerprint density at radius 2 is 1.50 bits per heavy atom. The van der Waals surface area contributed by atoms with Crippen molar-refractivity contribution in [1.29, 1.82) is 0 Å². The second-order valence-electron chi connectivity index (χ2n) is 12.5. The van der Waals surface area contributed by atoms with Crippen molar-refractivity contribution in [3.63, 3.8) is 0 Å². The molecule has 0 unspecified atom stereocenters. The maximum absolute atomic E-state index is 13.6. The van der Waals surface area contributed by atoms with Crippen LogP contribution < -0.4 is 55.3 Å². The Balaban J connectivity index is 1.78. The van der Waals surface area contributed by atoms with Gasteiger partial charge in [0.05, 0.1) is 12.1 Å². The lowest BCUT2D eigenvalue weighted by Gasteiger charge is -2.25. The van der Waals surface area contributed by atoms with Gasteiger partial charge in [0, 0.05) is 39.0 Å². The average Bonchev–Trinajstić information content (AvgIpc) is 3.10. The van der Waals surface area contributed by atoms with Crippen LogP contribution in [0.25, 0.3) is 11.1 Å². The molecule has 1 aliphatic rings. The first kappa shape index (κ1) is 39.8. The fraction of sp³-hybridized carbons (Fsp3) is 0.500. The van der Waals surface area contributed by atoms with E-state index in [9.17, 15) is 29.1 Å². The van der Waals surface area contributed by atoms with Crippen LogP contribution in [-0.4, -0.2) is 97.6 Å². The quantitative estimate of drug-likeness (QED) is 0.0900. The highest BCUT2D eigenvalue weighted by molar-refractivity contribution is 5.93. The molecular weight excluding hydrogens is 644 g/mol. The number of fused-ring (bicyclic) bond motifs is 5. The Hall–Kier alpha value is -4.61. The van der Waals surface area contributed by atoms with Gasteiger partial charge in [-0.25, -0.2) is 0 Å². The number of carbonyl (C=O) groups excluding carboxylic acids is 5. The summed E-state index contributed by atoms with van der Waals surface area (Å²) in [6, 6.07) is 5.67. The van der Waals surface area contributed by atoms with Crippen LogP contribution in [0.1, 0.15) is 42.4 Å². The summed E-state index contributed by atoms with van der Waals surface area (Å²) < 4.78 is 0. The Morgan fingerprint density at radius 3 is 2.20 bits per heavy atom. The molecule has 0 aliphatic carbocycles. The van der Waals surface area contributed by atoms with Crippen molar-refractivity contribution in [1.82, 2.24) is 26.6 Å². The van der Waals surface area contributed by atoms with E-state index in [4.69, 9.17) is 28.7 Å². The monoisotopic (exact) mass is 696 g/mol. The minimum absolute atomic E-state index is 0.0120. The van der Waals surface area contributed by atoms with Crippen molar-refractivity contribution in [2.75, 3.05) is 32.7 Å². The smallest absolute Gasteiger partial charge is 0.243 e. The molecule has 16 heteroatoms. The highest BCUT2D eigenvalue weighted by atomic mass is 16.3. The lowest BCUT2D eigenvalue weighted by molar-refractivity contribution is -0.132. The lowest BCUT2D eigenvalue weighted by Crippen LogP contribution is -2.57. The van der Waals surface area contributed by atoms with Crippen molar-refractivity contribution in [3.8, 4) is 16.9 Å². The molecular formula is C34H52N10O6. The van der Waals surface area contributed by atoms with Gasteiger partial charge in [-0.2, -0.15) is 0 Å². The highest BCUT2D eigenvalue weighted by Crippen LogP contribution is 2.29. The second kappa shape index (κ2) is 19.5. The van der Waals surface area contributed by atoms with Gasteiger partial charge in [0.25, 0.3) is 0 Å². The number of hydrogen-bond donors (Lipinski definition) is 11. The topological polar surface area (TPSA) is 296 Å². The molecule has 2 aromatic rings. The number of phenolic OH excluding ortho intramolecular Hbond substituents is 1. The van der Waals surface area contributed by atoms with Gasteiger partial charge >= 0.3 is 0 Å². The molecule has 5 amide bonds. The fourth-order valence-electron chi connectivity index (χ4n) is 5.45. The Morgan fingerprint density at radius 1 is 0.840 bits per heavy atom. The maximum atomic E-state index is 13.6. The van der Waals surface area contributed by atoms with Crippen LogP contribution in [0.15, 0.2) is 36.4 Å². The van der Waals surface area contributed by atoms with Gasteiger partial charge in [0.15, 0.2) is 0 Å². The van der Waals surface area contributed by atoms with E-state index in [2.05, 4.69) is 26.6 Å². The van der Waals surface area contributed by atoms with Crippen LogP contribution in [-0.2, 0) is 36.8 Å². The third kappa shape index (κ3) is 11.8. The van der Waals surface area contributed by atoms with Crippen molar-refractivity contribution >= 4 is 29.5 Å². The van der Waals surface area contributed by atoms with Crippen molar-refractivity contribution in [2.24, 2.45) is 28.7 Å². The number of nitrogens with one attached hydrogen (secondary N) is 5. The first-order chi connectivity index (χ1) is 23.8. The van der Waals surface area contributed by atoms with Gasteiger partial charge in [-0.3, -0.25) is 24.0 Å². The van der Waals surface area contributed by atoms with E-state index in [1.54, 1.807) is 12.1 Å². The third-order valence-corrected chi connectivity index (χ3v) is 8.53. The molecule has 0 saturated carbocycles. The zero-order valence-electron chi connectivity index (χ0n) is 28.5. The van der Waals surface area contributed by atoms with Gasteiger partial charge in [-0.15, -0.1) is 0 Å². The van der Waals surface area contributed by atoms with E-state index >= 15 is 0 Å². The molecule has 274 valence electrons. The predicted octanol–water partition coefficient (Wildman–Crippen LogP) is -2.76. The lowest BCUT2D eigenvalue weighted by atomic mass is 9.93. The number of carbonyl (C=O) groups is 5. The van der Waals surface area contributed by atoms with Crippen molar-refractivity contribution in [3.05, 3.63) is 53.1 Å². The van der Waals surface area contributed by atoms with Crippen LogP contribution in [0, 0.1) is 6.92 Å². The number of benzene rings is 2. The summed E-state index contributed by atoms with van der Waals surface area (Å²) >= 11 is 0. The normalized spacial score (nSPS) is 19.1. The van der Waals surface area contributed by atoms with E-state index in [0.717, 1.165) is 22.3 Å². The van der Waals surface area contributed by atoms with Gasteiger partial charge < -0.3 is 60.4 Å². The zero-order chi connectivity index (χ0) is 36.8. The van der Waals surface area contributed by atoms with Crippen LogP contribution in [0.2, 0.25) is 0 Å². The Labute approximate surface area is 292 Å². The number of aromatic hydroxyl groups is 1. The molecule has 16 N–H and O–H groups in total. The molecule has 1 aliphatic heterocycles. The van der Waals surface area contributed by atoms with E-state index in [0.29, 0.717) is 37.9 Å². The second-order valence-corrected chi connectivity index (χ2v) is 12.5. The standard InChI is InChI=1S/C34H52N10O6/c1-19-6-7-20-14-22(19)17-28(33(49)42-18-26(39)31(47)40-12-3-4-24(37)30(46)41-13-11-36)44-34(50)27(5-2-10-35)43-32(48)25(38)16-23-15-21(20)8-9-29(23)45/h6-9,14-15,24-28,45H,2-5,10-13,16-18,35-39H2,1H3,(H,40,47)(H,41,46)(H,42,49)(H,43,48)(H,44,50)/t24-,25-,26-,27-,28-/m0/s1. The molecule has 4 bridgehead atoms. The van der Waals surface area contributed by atoms with E-state index < -0.39 is 53.8 Å². The molecule has 50 heavy (non-hydrogen) atoms. The van der Waals surface area contributed by atoms with Crippen LogP contribution in [0.4, 0.5) is 0 Å². The SMILES string of the molecule is Cc1ccc2cc1C[C@@H](C(=O)NC[C@H](N)C(=O)NCCC[C@H](N)C(=O)NCCN)NC(=O)[C@H](CCCN)NC(=O)[C@@H](N)Cc1cc-2ccc1O. The minimum atomic E-state index is -1.11. The molecule has 0 fully saturated rings. The zero-order valence-corrected chi connectivity index (χ0v) is 28.5. The molecule has 1 heterocycles. The van der Waals surface area contributed by atoms with Crippen LogP contribution >= 0.6 is 0 Å².